The highest BCUT2D eigenvalue weighted by molar-refractivity contribution is 5.66. The van der Waals surface area contributed by atoms with Crippen LogP contribution < -0.4 is 5.32 Å². The van der Waals surface area contributed by atoms with Crippen molar-refractivity contribution in [2.75, 3.05) is 26.3 Å². The average Bonchev–Trinajstić information content (AvgIpc) is 2.14. The molecule has 0 aromatic carbocycles. The summed E-state index contributed by atoms with van der Waals surface area (Å²) in [5.41, 5.74) is 0. The van der Waals surface area contributed by atoms with Crippen LogP contribution in [-0.4, -0.2) is 38.2 Å². The van der Waals surface area contributed by atoms with Gasteiger partial charge in [-0.25, -0.2) is 5.32 Å². The molecule has 5 heteroatoms. The highest BCUT2D eigenvalue weighted by Crippen LogP contribution is 1.85. The van der Waals surface area contributed by atoms with Crippen molar-refractivity contribution in [2.45, 2.75) is 26.7 Å². The van der Waals surface area contributed by atoms with Gasteiger partial charge in [0.15, 0.2) is 0 Å². The minimum absolute atomic E-state index is 0.259. The molecule has 87 valence electrons. The lowest BCUT2D eigenvalue weighted by molar-refractivity contribution is -0.141. The third-order valence-electron chi connectivity index (χ3n) is 1.53. The largest absolute Gasteiger partial charge is 0.466 e. The maximum Gasteiger partial charge on any atom is 0.302 e. The number of carbonyl (C=O) groups excluding carboxylic acids is 2. The third-order valence-corrected chi connectivity index (χ3v) is 1.53. The van der Waals surface area contributed by atoms with E-state index in [-0.39, 0.29) is 11.9 Å². The molecule has 0 amide bonds. The Hall–Kier alpha value is -1.10. The fourth-order valence-corrected chi connectivity index (χ4v) is 0.896. The predicted molar refractivity (Wildman–Crippen MR) is 54.4 cm³/mol. The second-order valence-corrected chi connectivity index (χ2v) is 3.06. The van der Waals surface area contributed by atoms with E-state index in [1.807, 2.05) is 0 Å². The molecule has 0 saturated heterocycles. The van der Waals surface area contributed by atoms with Gasteiger partial charge < -0.3 is 9.47 Å². The van der Waals surface area contributed by atoms with Gasteiger partial charge in [-0.2, -0.15) is 0 Å². The standard InChI is InChI=1S/C10H18NO4/c1-9(12)14-7-3-5-11-6-4-8-15-10(2)13/h3-8H2,1-2H3. The van der Waals surface area contributed by atoms with Crippen molar-refractivity contribution in [1.29, 1.82) is 0 Å². The summed E-state index contributed by atoms with van der Waals surface area (Å²) in [4.78, 5) is 20.8. The molecule has 0 aliphatic carbocycles. The summed E-state index contributed by atoms with van der Waals surface area (Å²) in [6.45, 7) is 4.96. The third kappa shape index (κ3) is 12.9. The highest BCUT2D eigenvalue weighted by atomic mass is 16.5. The molecular weight excluding hydrogens is 198 g/mol. The molecular formula is C10H18NO4. The minimum atomic E-state index is -0.259. The first kappa shape index (κ1) is 13.9. The smallest absolute Gasteiger partial charge is 0.302 e. The number of nitrogens with zero attached hydrogens (tertiary/aromatic N) is 1. The Bertz CT molecular complexity index is 174. The van der Waals surface area contributed by atoms with E-state index in [0.29, 0.717) is 26.3 Å². The van der Waals surface area contributed by atoms with Crippen molar-refractivity contribution in [3.8, 4) is 0 Å². The number of rotatable bonds is 8. The van der Waals surface area contributed by atoms with E-state index < -0.39 is 0 Å². The zero-order chi connectivity index (χ0) is 11.5. The highest BCUT2D eigenvalue weighted by Gasteiger charge is 1.95. The van der Waals surface area contributed by atoms with E-state index in [4.69, 9.17) is 9.47 Å². The summed E-state index contributed by atoms with van der Waals surface area (Å²) in [6.07, 6.45) is 1.49. The first-order chi connectivity index (χ1) is 7.13. The fraction of sp³-hybridized carbons (Fsp3) is 0.800. The molecule has 0 spiro atoms. The van der Waals surface area contributed by atoms with Gasteiger partial charge in [-0.1, -0.05) is 0 Å². The molecule has 5 nitrogen and oxygen atoms in total. The second kappa shape index (κ2) is 9.45. The van der Waals surface area contributed by atoms with Crippen LogP contribution in [0.15, 0.2) is 0 Å². The maximum absolute atomic E-state index is 10.4. The molecule has 0 aromatic rings. The van der Waals surface area contributed by atoms with Gasteiger partial charge in [0.1, 0.15) is 0 Å². The summed E-state index contributed by atoms with van der Waals surface area (Å²) in [6, 6.07) is 0. The average molecular weight is 216 g/mol. The summed E-state index contributed by atoms with van der Waals surface area (Å²) in [7, 11) is 0. The van der Waals surface area contributed by atoms with Gasteiger partial charge in [0.25, 0.3) is 0 Å². The Labute approximate surface area is 90.1 Å². The summed E-state index contributed by atoms with van der Waals surface area (Å²) >= 11 is 0. The first-order valence-electron chi connectivity index (χ1n) is 5.03. The van der Waals surface area contributed by atoms with Crippen molar-refractivity contribution in [1.82, 2.24) is 5.32 Å². The van der Waals surface area contributed by atoms with E-state index in [9.17, 15) is 9.59 Å². The fourth-order valence-electron chi connectivity index (χ4n) is 0.896. The Kier molecular flexibility index (Phi) is 8.76. The van der Waals surface area contributed by atoms with Crippen molar-refractivity contribution in [2.24, 2.45) is 0 Å². The van der Waals surface area contributed by atoms with Crippen molar-refractivity contribution < 1.29 is 19.1 Å². The van der Waals surface area contributed by atoms with Crippen LogP contribution in [0.5, 0.6) is 0 Å². The van der Waals surface area contributed by atoms with Crippen LogP contribution in [0.3, 0.4) is 0 Å². The lowest BCUT2D eigenvalue weighted by atomic mass is 10.4. The van der Waals surface area contributed by atoms with E-state index in [1.165, 1.54) is 13.8 Å². The van der Waals surface area contributed by atoms with Crippen molar-refractivity contribution in [3.05, 3.63) is 0 Å². The Balaban J connectivity index is 2.99. The Morgan fingerprint density at radius 2 is 1.33 bits per heavy atom. The Morgan fingerprint density at radius 1 is 0.933 bits per heavy atom. The zero-order valence-electron chi connectivity index (χ0n) is 9.32. The molecule has 0 saturated carbocycles. The molecule has 0 fully saturated rings. The van der Waals surface area contributed by atoms with E-state index in [1.54, 1.807) is 0 Å². The molecule has 1 radical (unpaired) electrons. The minimum Gasteiger partial charge on any atom is -0.466 e. The van der Waals surface area contributed by atoms with Gasteiger partial charge in [-0.05, 0) is 12.8 Å². The molecule has 0 aromatic heterocycles. The predicted octanol–water partition coefficient (Wildman–Crippen LogP) is 0.497. The van der Waals surface area contributed by atoms with Crippen LogP contribution in [-0.2, 0) is 19.1 Å². The Morgan fingerprint density at radius 3 is 1.67 bits per heavy atom. The van der Waals surface area contributed by atoms with Gasteiger partial charge >= 0.3 is 11.9 Å². The van der Waals surface area contributed by atoms with Gasteiger partial charge in [0.05, 0.1) is 13.2 Å². The lowest BCUT2D eigenvalue weighted by Crippen LogP contribution is -2.14. The van der Waals surface area contributed by atoms with E-state index in [0.717, 1.165) is 12.8 Å². The summed E-state index contributed by atoms with van der Waals surface area (Å²) in [5.74, 6) is -0.519. The van der Waals surface area contributed by atoms with Crippen LogP contribution in [0.25, 0.3) is 0 Å². The van der Waals surface area contributed by atoms with Crippen molar-refractivity contribution >= 4 is 11.9 Å². The normalized spacial score (nSPS) is 9.73. The molecule has 0 aliphatic rings. The summed E-state index contributed by atoms with van der Waals surface area (Å²) in [5, 5.41) is 4.18. The molecule has 0 rings (SSSR count). The molecule has 0 N–H and O–H groups in total. The summed E-state index contributed by atoms with van der Waals surface area (Å²) < 4.78 is 9.47. The molecule has 0 atom stereocenters. The maximum atomic E-state index is 10.4. The van der Waals surface area contributed by atoms with Gasteiger partial charge in [-0.3, -0.25) is 9.59 Å². The molecule has 15 heavy (non-hydrogen) atoms. The SMILES string of the molecule is CC(=O)OCCC[N]CCCOC(C)=O. The quantitative estimate of drug-likeness (QED) is 0.437. The van der Waals surface area contributed by atoms with Gasteiger partial charge in [0.2, 0.25) is 0 Å². The zero-order valence-corrected chi connectivity index (χ0v) is 9.32. The molecule has 0 aliphatic heterocycles. The lowest BCUT2D eigenvalue weighted by Gasteiger charge is -2.03. The van der Waals surface area contributed by atoms with E-state index >= 15 is 0 Å². The number of hydrogen-bond donors (Lipinski definition) is 0. The monoisotopic (exact) mass is 216 g/mol. The van der Waals surface area contributed by atoms with Crippen LogP contribution in [0.4, 0.5) is 0 Å². The molecule has 0 heterocycles. The van der Waals surface area contributed by atoms with E-state index in [2.05, 4.69) is 5.32 Å². The van der Waals surface area contributed by atoms with Gasteiger partial charge in [0, 0.05) is 26.9 Å². The molecule has 0 unspecified atom stereocenters. The number of ether oxygens (including phenoxy) is 2. The number of hydrogen-bond acceptors (Lipinski definition) is 4. The van der Waals surface area contributed by atoms with Crippen molar-refractivity contribution in [3.63, 3.8) is 0 Å². The van der Waals surface area contributed by atoms with Crippen LogP contribution in [0, 0.1) is 0 Å². The van der Waals surface area contributed by atoms with Crippen LogP contribution in [0.1, 0.15) is 26.7 Å². The second-order valence-electron chi connectivity index (χ2n) is 3.06. The van der Waals surface area contributed by atoms with Gasteiger partial charge in [-0.15, -0.1) is 0 Å². The van der Waals surface area contributed by atoms with Crippen LogP contribution in [0.2, 0.25) is 0 Å². The number of carbonyl (C=O) groups is 2. The van der Waals surface area contributed by atoms with Crippen LogP contribution >= 0.6 is 0 Å². The number of esters is 2. The topological polar surface area (TPSA) is 66.7 Å². The first-order valence-corrected chi connectivity index (χ1v) is 5.03. The molecule has 0 bridgehead atoms.